The first kappa shape index (κ1) is 18.0. The summed E-state index contributed by atoms with van der Waals surface area (Å²) >= 11 is 3.88. The molecule has 4 bridgehead atoms. The summed E-state index contributed by atoms with van der Waals surface area (Å²) in [5.74, 6) is 0.0462. The molecule has 2 atom stereocenters. The first-order valence-electron chi connectivity index (χ1n) is 9.19. The fraction of sp³-hybridized carbons (Fsp3) is 0.600. The molecule has 1 amide bonds. The van der Waals surface area contributed by atoms with Crippen molar-refractivity contribution < 1.29 is 18.7 Å². The molecule has 0 saturated heterocycles. The van der Waals surface area contributed by atoms with Crippen LogP contribution in [0.5, 0.6) is 0 Å². The summed E-state index contributed by atoms with van der Waals surface area (Å²) in [4.78, 5) is 25.0. The minimum atomic E-state index is -0.442. The standard InChI is InChI=1S/C20H23BrFNO3/c1-12-2-3-15(22)5-16(12)23-17(24)10-26-18(25)19-6-13-4-14(7-19)9-20(21,8-13)11-19/h2-3,5,13-14H,4,6-11H2,1H3,(H,23,24). The van der Waals surface area contributed by atoms with Crippen LogP contribution < -0.4 is 5.32 Å². The molecule has 0 spiro atoms. The summed E-state index contributed by atoms with van der Waals surface area (Å²) in [6, 6.07) is 4.21. The monoisotopic (exact) mass is 423 g/mol. The molecular weight excluding hydrogens is 401 g/mol. The number of nitrogens with one attached hydrogen (secondary N) is 1. The van der Waals surface area contributed by atoms with Crippen LogP contribution >= 0.6 is 15.9 Å². The molecule has 2 unspecified atom stereocenters. The Labute approximate surface area is 161 Å². The van der Waals surface area contributed by atoms with Crippen LogP contribution in [0.25, 0.3) is 0 Å². The van der Waals surface area contributed by atoms with E-state index in [9.17, 15) is 14.0 Å². The van der Waals surface area contributed by atoms with Gasteiger partial charge in [0, 0.05) is 10.0 Å². The average Bonchev–Trinajstić information content (AvgIpc) is 2.53. The second kappa shape index (κ2) is 6.32. The summed E-state index contributed by atoms with van der Waals surface area (Å²) in [6.45, 7) is 1.45. The Hall–Kier alpha value is -1.43. The number of hydrogen-bond donors (Lipinski definition) is 1. The van der Waals surface area contributed by atoms with E-state index in [-0.39, 0.29) is 16.9 Å². The zero-order valence-electron chi connectivity index (χ0n) is 14.8. The lowest BCUT2D eigenvalue weighted by Gasteiger charge is -2.58. The van der Waals surface area contributed by atoms with E-state index in [2.05, 4.69) is 21.2 Å². The third-order valence-electron chi connectivity index (χ3n) is 6.23. The highest BCUT2D eigenvalue weighted by atomic mass is 79.9. The largest absolute Gasteiger partial charge is 0.455 e. The summed E-state index contributed by atoms with van der Waals surface area (Å²) in [6.07, 6.45) is 6.04. The van der Waals surface area contributed by atoms with E-state index < -0.39 is 17.1 Å². The van der Waals surface area contributed by atoms with Crippen molar-refractivity contribution in [3.63, 3.8) is 0 Å². The van der Waals surface area contributed by atoms with Gasteiger partial charge in [-0.3, -0.25) is 9.59 Å². The SMILES string of the molecule is Cc1ccc(F)cc1NC(=O)COC(=O)C12CC3CC(CC(Br)(C3)C1)C2. The van der Waals surface area contributed by atoms with Gasteiger partial charge in [0.2, 0.25) is 0 Å². The van der Waals surface area contributed by atoms with Crippen LogP contribution in [-0.4, -0.2) is 22.8 Å². The van der Waals surface area contributed by atoms with Gasteiger partial charge in [-0.25, -0.2) is 4.39 Å². The average molecular weight is 424 g/mol. The number of hydrogen-bond acceptors (Lipinski definition) is 3. The van der Waals surface area contributed by atoms with Crippen LogP contribution in [0.15, 0.2) is 18.2 Å². The molecule has 4 fully saturated rings. The topological polar surface area (TPSA) is 55.4 Å². The first-order valence-corrected chi connectivity index (χ1v) is 9.98. The van der Waals surface area contributed by atoms with Crippen LogP contribution in [0.4, 0.5) is 10.1 Å². The number of esters is 1. The minimum absolute atomic E-state index is 0.0665. The molecule has 4 aliphatic rings. The fourth-order valence-corrected chi connectivity index (χ4v) is 7.04. The summed E-state index contributed by atoms with van der Waals surface area (Å²) in [5.41, 5.74) is 0.719. The Bertz CT molecular complexity index is 751. The molecule has 0 radical (unpaired) electrons. The third kappa shape index (κ3) is 3.28. The highest BCUT2D eigenvalue weighted by Gasteiger charge is 2.60. The van der Waals surface area contributed by atoms with E-state index in [1.807, 2.05) is 0 Å². The van der Waals surface area contributed by atoms with Crippen molar-refractivity contribution >= 4 is 33.5 Å². The van der Waals surface area contributed by atoms with Gasteiger partial charge in [0.1, 0.15) is 5.82 Å². The predicted octanol–water partition coefficient (Wildman–Crippen LogP) is 4.35. The lowest BCUT2D eigenvalue weighted by Crippen LogP contribution is -2.56. The van der Waals surface area contributed by atoms with E-state index >= 15 is 0 Å². The number of carbonyl (C=O) groups excluding carboxylic acids is 2. The summed E-state index contributed by atoms with van der Waals surface area (Å²) in [5, 5.41) is 2.62. The zero-order chi connectivity index (χ0) is 18.5. The van der Waals surface area contributed by atoms with Crippen molar-refractivity contribution in [1.29, 1.82) is 0 Å². The maximum Gasteiger partial charge on any atom is 0.312 e. The van der Waals surface area contributed by atoms with E-state index in [4.69, 9.17) is 4.74 Å². The Kier molecular flexibility index (Phi) is 4.37. The molecule has 26 heavy (non-hydrogen) atoms. The number of rotatable bonds is 4. The number of aryl methyl sites for hydroxylation is 1. The van der Waals surface area contributed by atoms with Crippen molar-refractivity contribution in [3.05, 3.63) is 29.6 Å². The number of alkyl halides is 1. The molecule has 140 valence electrons. The molecular formula is C20H23BrFNO3. The third-order valence-corrected chi connectivity index (χ3v) is 7.16. The van der Waals surface area contributed by atoms with Crippen molar-refractivity contribution in [2.24, 2.45) is 17.3 Å². The van der Waals surface area contributed by atoms with Gasteiger partial charge in [-0.2, -0.15) is 0 Å². The molecule has 0 aliphatic heterocycles. The van der Waals surface area contributed by atoms with Crippen molar-refractivity contribution in [2.75, 3.05) is 11.9 Å². The van der Waals surface area contributed by atoms with E-state index in [0.717, 1.165) is 37.7 Å². The van der Waals surface area contributed by atoms with Gasteiger partial charge in [0.15, 0.2) is 6.61 Å². The maximum atomic E-state index is 13.3. The first-order chi connectivity index (χ1) is 12.3. The highest BCUT2D eigenvalue weighted by Crippen LogP contribution is 2.64. The molecule has 4 aliphatic carbocycles. The number of benzene rings is 1. The highest BCUT2D eigenvalue weighted by molar-refractivity contribution is 9.10. The Balaban J connectivity index is 1.38. The van der Waals surface area contributed by atoms with Crippen LogP contribution in [0.3, 0.4) is 0 Å². The van der Waals surface area contributed by atoms with Crippen LogP contribution in [0.2, 0.25) is 0 Å². The van der Waals surface area contributed by atoms with Gasteiger partial charge in [0.05, 0.1) is 5.41 Å². The molecule has 5 rings (SSSR count). The van der Waals surface area contributed by atoms with Gasteiger partial charge in [-0.15, -0.1) is 0 Å². The molecule has 4 saturated carbocycles. The van der Waals surface area contributed by atoms with Crippen molar-refractivity contribution in [1.82, 2.24) is 0 Å². The second-order valence-electron chi connectivity index (χ2n) is 8.48. The summed E-state index contributed by atoms with van der Waals surface area (Å²) < 4.78 is 18.8. The van der Waals surface area contributed by atoms with Crippen LogP contribution in [0, 0.1) is 30.0 Å². The Morgan fingerprint density at radius 1 is 1.27 bits per heavy atom. The number of carbonyl (C=O) groups is 2. The normalized spacial score (nSPS) is 34.6. The molecule has 0 heterocycles. The minimum Gasteiger partial charge on any atom is -0.455 e. The van der Waals surface area contributed by atoms with Crippen LogP contribution in [-0.2, 0) is 14.3 Å². The van der Waals surface area contributed by atoms with Gasteiger partial charge in [-0.1, -0.05) is 22.0 Å². The smallest absolute Gasteiger partial charge is 0.312 e. The molecule has 4 nitrogen and oxygen atoms in total. The summed E-state index contributed by atoms with van der Waals surface area (Å²) in [7, 11) is 0. The molecule has 1 N–H and O–H groups in total. The lowest BCUT2D eigenvalue weighted by molar-refractivity contribution is -0.170. The van der Waals surface area contributed by atoms with Crippen molar-refractivity contribution in [2.45, 2.75) is 49.8 Å². The van der Waals surface area contributed by atoms with E-state index in [0.29, 0.717) is 17.5 Å². The van der Waals surface area contributed by atoms with Crippen LogP contribution in [0.1, 0.15) is 44.1 Å². The Morgan fingerprint density at radius 3 is 2.62 bits per heavy atom. The number of halogens is 2. The second-order valence-corrected chi connectivity index (χ2v) is 10.2. The number of ether oxygens (including phenoxy) is 1. The molecule has 0 aromatic heterocycles. The maximum absolute atomic E-state index is 13.3. The van der Waals surface area contributed by atoms with Gasteiger partial charge >= 0.3 is 5.97 Å². The van der Waals surface area contributed by atoms with E-state index in [1.54, 1.807) is 13.0 Å². The predicted molar refractivity (Wildman–Crippen MR) is 99.5 cm³/mol. The van der Waals surface area contributed by atoms with E-state index in [1.165, 1.54) is 18.6 Å². The zero-order valence-corrected chi connectivity index (χ0v) is 16.4. The lowest BCUT2D eigenvalue weighted by atomic mass is 9.49. The van der Waals surface area contributed by atoms with Gasteiger partial charge < -0.3 is 10.1 Å². The Morgan fingerprint density at radius 2 is 1.96 bits per heavy atom. The van der Waals surface area contributed by atoms with Crippen molar-refractivity contribution in [3.8, 4) is 0 Å². The number of anilines is 1. The van der Waals surface area contributed by atoms with Gasteiger partial charge in [0.25, 0.3) is 5.91 Å². The molecule has 1 aromatic carbocycles. The quantitative estimate of drug-likeness (QED) is 0.578. The van der Waals surface area contributed by atoms with Gasteiger partial charge in [-0.05, 0) is 75.0 Å². The number of amides is 1. The fourth-order valence-electron chi connectivity index (χ4n) is 5.59. The molecule has 1 aromatic rings. The molecule has 6 heteroatoms.